The van der Waals surface area contributed by atoms with E-state index in [2.05, 4.69) is 26.6 Å². The number of sulfonamides is 1. The Morgan fingerprint density at radius 2 is 1.92 bits per heavy atom. The van der Waals surface area contributed by atoms with Crippen molar-refractivity contribution >= 4 is 49.0 Å². The lowest BCUT2D eigenvalue weighted by molar-refractivity contribution is 0.262. The van der Waals surface area contributed by atoms with Gasteiger partial charge in [-0.2, -0.15) is 0 Å². The fraction of sp³-hybridized carbons (Fsp3) is 0.188. The minimum absolute atomic E-state index is 0.397. The van der Waals surface area contributed by atoms with Crippen LogP contribution in [0.4, 0.5) is 21.9 Å². The van der Waals surface area contributed by atoms with E-state index in [0.717, 1.165) is 10.0 Å². The Hall–Kier alpha value is -2.06. The number of halogens is 1. The number of amides is 2. The highest BCUT2D eigenvalue weighted by Gasteiger charge is 2.26. The van der Waals surface area contributed by atoms with E-state index in [1.54, 1.807) is 18.2 Å². The predicted molar refractivity (Wildman–Crippen MR) is 99.1 cm³/mol. The molecule has 2 aromatic rings. The number of benzene rings is 2. The van der Waals surface area contributed by atoms with Gasteiger partial charge in [0.05, 0.1) is 17.6 Å². The van der Waals surface area contributed by atoms with E-state index in [1.165, 1.54) is 10.6 Å². The molecule has 0 aliphatic carbocycles. The van der Waals surface area contributed by atoms with E-state index in [4.69, 9.17) is 0 Å². The third kappa shape index (κ3) is 3.54. The lowest BCUT2D eigenvalue weighted by Crippen LogP contribution is -2.27. The van der Waals surface area contributed by atoms with E-state index in [9.17, 15) is 13.2 Å². The molecular weight excluding hydrogens is 394 g/mol. The van der Waals surface area contributed by atoms with E-state index in [-0.39, 0.29) is 0 Å². The number of anilines is 3. The van der Waals surface area contributed by atoms with Crippen LogP contribution >= 0.6 is 15.9 Å². The van der Waals surface area contributed by atoms with E-state index in [1.807, 2.05) is 24.3 Å². The molecule has 2 aromatic carbocycles. The molecule has 8 heteroatoms. The van der Waals surface area contributed by atoms with Gasteiger partial charge in [0.1, 0.15) is 0 Å². The van der Waals surface area contributed by atoms with Gasteiger partial charge in [-0.15, -0.1) is 0 Å². The third-order valence-corrected chi connectivity index (χ3v) is 5.59. The fourth-order valence-corrected chi connectivity index (χ4v) is 3.95. The number of para-hydroxylation sites is 1. The number of fused-ring (bicyclic) bond motifs is 1. The molecule has 2 amide bonds. The van der Waals surface area contributed by atoms with Crippen LogP contribution in [0.25, 0.3) is 0 Å². The second-order valence-electron chi connectivity index (χ2n) is 5.49. The summed E-state index contributed by atoms with van der Waals surface area (Å²) in [6, 6.07) is 12.2. The fourth-order valence-electron chi connectivity index (χ4n) is 2.62. The van der Waals surface area contributed by atoms with Gasteiger partial charge in [-0.05, 0) is 52.2 Å². The molecule has 1 aliphatic heterocycles. The van der Waals surface area contributed by atoms with Gasteiger partial charge in [-0.1, -0.05) is 18.2 Å². The Morgan fingerprint density at radius 1 is 1.17 bits per heavy atom. The molecule has 1 heterocycles. The molecule has 0 radical (unpaired) electrons. The maximum atomic E-state index is 12.1. The Morgan fingerprint density at radius 3 is 2.62 bits per heavy atom. The molecule has 0 fully saturated rings. The van der Waals surface area contributed by atoms with Crippen LogP contribution in [0.1, 0.15) is 5.56 Å². The van der Waals surface area contributed by atoms with E-state index >= 15 is 0 Å². The monoisotopic (exact) mass is 409 g/mol. The molecule has 6 nitrogen and oxygen atoms in total. The van der Waals surface area contributed by atoms with Crippen LogP contribution in [0.2, 0.25) is 0 Å². The minimum Gasteiger partial charge on any atom is -0.308 e. The largest absolute Gasteiger partial charge is 0.323 e. The molecular formula is C16H16BrN3O3S. The minimum atomic E-state index is -3.32. The quantitative estimate of drug-likeness (QED) is 0.814. The number of nitrogens with one attached hydrogen (secondary N) is 2. The van der Waals surface area contributed by atoms with Crippen molar-refractivity contribution in [2.24, 2.45) is 0 Å². The average molecular weight is 410 g/mol. The molecule has 0 atom stereocenters. The topological polar surface area (TPSA) is 78.5 Å². The summed E-state index contributed by atoms with van der Waals surface area (Å²) in [5, 5.41) is 5.47. The first-order valence-electron chi connectivity index (χ1n) is 7.28. The lowest BCUT2D eigenvalue weighted by atomic mass is 10.1. The van der Waals surface area contributed by atoms with Crippen molar-refractivity contribution in [1.82, 2.24) is 0 Å². The maximum Gasteiger partial charge on any atom is 0.323 e. The molecule has 0 spiro atoms. The standard InChI is InChI=1S/C16H16BrN3O3S/c1-24(22,23)20-9-8-11-6-7-12(10-15(11)20)18-16(21)19-14-5-3-2-4-13(14)17/h2-7,10H,8-9H2,1H3,(H2,18,19,21). The van der Waals surface area contributed by atoms with Gasteiger partial charge in [-0.25, -0.2) is 13.2 Å². The number of hydrogen-bond donors (Lipinski definition) is 2. The van der Waals surface area contributed by atoms with Crippen molar-refractivity contribution in [3.63, 3.8) is 0 Å². The number of urea groups is 1. The first-order valence-corrected chi connectivity index (χ1v) is 9.92. The van der Waals surface area contributed by atoms with Crippen LogP contribution in [0.3, 0.4) is 0 Å². The second kappa shape index (κ2) is 6.45. The van der Waals surface area contributed by atoms with Gasteiger partial charge >= 0.3 is 6.03 Å². The molecule has 126 valence electrons. The van der Waals surface area contributed by atoms with Crippen molar-refractivity contribution in [3.05, 3.63) is 52.5 Å². The zero-order valence-corrected chi connectivity index (χ0v) is 15.3. The van der Waals surface area contributed by atoms with Crippen molar-refractivity contribution in [2.45, 2.75) is 6.42 Å². The predicted octanol–water partition coefficient (Wildman–Crippen LogP) is 3.42. The third-order valence-electron chi connectivity index (χ3n) is 3.72. The van der Waals surface area contributed by atoms with Gasteiger partial charge in [0, 0.05) is 16.7 Å². The zero-order valence-electron chi connectivity index (χ0n) is 12.9. The normalized spacial score (nSPS) is 13.5. The summed E-state index contributed by atoms with van der Waals surface area (Å²) < 4.78 is 25.8. The van der Waals surface area contributed by atoms with Crippen molar-refractivity contribution in [1.29, 1.82) is 0 Å². The number of nitrogens with zero attached hydrogens (tertiary/aromatic N) is 1. The number of rotatable bonds is 3. The van der Waals surface area contributed by atoms with E-state index < -0.39 is 16.1 Å². The van der Waals surface area contributed by atoms with Crippen molar-refractivity contribution in [2.75, 3.05) is 27.7 Å². The smallest absolute Gasteiger partial charge is 0.308 e. The van der Waals surface area contributed by atoms with Gasteiger partial charge in [0.25, 0.3) is 0 Å². The van der Waals surface area contributed by atoms with Crippen LogP contribution in [-0.4, -0.2) is 27.2 Å². The SMILES string of the molecule is CS(=O)(=O)N1CCc2ccc(NC(=O)Nc3ccccc3Br)cc21. The molecule has 0 saturated heterocycles. The van der Waals surface area contributed by atoms with Gasteiger partial charge in [-0.3, -0.25) is 4.31 Å². The highest BCUT2D eigenvalue weighted by atomic mass is 79.9. The summed E-state index contributed by atoms with van der Waals surface area (Å²) in [5.41, 5.74) is 2.76. The molecule has 2 N–H and O–H groups in total. The summed E-state index contributed by atoms with van der Waals surface area (Å²) >= 11 is 3.36. The second-order valence-corrected chi connectivity index (χ2v) is 8.25. The van der Waals surface area contributed by atoms with Gasteiger partial charge in [0.15, 0.2) is 0 Å². The molecule has 0 unspecified atom stereocenters. The van der Waals surface area contributed by atoms with Crippen LogP contribution in [0.15, 0.2) is 46.9 Å². The first-order chi connectivity index (χ1) is 11.3. The van der Waals surface area contributed by atoms with Gasteiger partial charge < -0.3 is 10.6 Å². The highest BCUT2D eigenvalue weighted by molar-refractivity contribution is 9.10. The maximum absolute atomic E-state index is 12.1. The summed E-state index contributed by atoms with van der Waals surface area (Å²) in [6.07, 6.45) is 1.85. The van der Waals surface area contributed by atoms with Crippen LogP contribution in [-0.2, 0) is 16.4 Å². The summed E-state index contributed by atoms with van der Waals surface area (Å²) in [5.74, 6) is 0. The Labute approximate surface area is 149 Å². The van der Waals surface area contributed by atoms with Crippen LogP contribution in [0.5, 0.6) is 0 Å². The van der Waals surface area contributed by atoms with Crippen LogP contribution in [0, 0.1) is 0 Å². The van der Waals surface area contributed by atoms with Crippen LogP contribution < -0.4 is 14.9 Å². The summed E-state index contributed by atoms with van der Waals surface area (Å²) in [4.78, 5) is 12.1. The number of carbonyl (C=O) groups excluding carboxylic acids is 1. The molecule has 0 bridgehead atoms. The average Bonchev–Trinajstić information content (AvgIpc) is 2.93. The molecule has 0 saturated carbocycles. The summed E-state index contributed by atoms with van der Waals surface area (Å²) in [7, 11) is -3.32. The Bertz CT molecular complexity index is 899. The Kier molecular flexibility index (Phi) is 4.51. The summed E-state index contributed by atoms with van der Waals surface area (Å²) in [6.45, 7) is 0.431. The first kappa shape index (κ1) is 16.8. The number of carbonyl (C=O) groups is 1. The number of hydrogen-bond acceptors (Lipinski definition) is 3. The highest BCUT2D eigenvalue weighted by Crippen LogP contribution is 2.32. The van der Waals surface area contributed by atoms with E-state index in [0.29, 0.717) is 30.0 Å². The molecule has 24 heavy (non-hydrogen) atoms. The van der Waals surface area contributed by atoms with Crippen molar-refractivity contribution in [3.8, 4) is 0 Å². The Balaban J connectivity index is 1.77. The zero-order chi connectivity index (χ0) is 17.3. The molecule has 0 aromatic heterocycles. The van der Waals surface area contributed by atoms with Crippen molar-refractivity contribution < 1.29 is 13.2 Å². The van der Waals surface area contributed by atoms with Gasteiger partial charge in [0.2, 0.25) is 10.0 Å². The molecule has 3 rings (SSSR count). The lowest BCUT2D eigenvalue weighted by Gasteiger charge is -2.17. The molecule has 1 aliphatic rings.